The number of hydrogen-bond donors (Lipinski definition) is 2. The van der Waals surface area contributed by atoms with Crippen LogP contribution >= 0.6 is 11.6 Å². The number of nitrogens with one attached hydrogen (secondary N) is 2. The molecule has 2 aliphatic heterocycles. The van der Waals surface area contributed by atoms with E-state index in [1.54, 1.807) is 37.2 Å². The number of ether oxygens (including phenoxy) is 2. The summed E-state index contributed by atoms with van der Waals surface area (Å²) in [4.78, 5) is 39.4. The summed E-state index contributed by atoms with van der Waals surface area (Å²) in [6, 6.07) is 16.4. The van der Waals surface area contributed by atoms with Gasteiger partial charge in [-0.05, 0) is 99.5 Å². The van der Waals surface area contributed by atoms with Crippen LogP contribution in [0.3, 0.4) is 0 Å². The Labute approximate surface area is 384 Å². The summed E-state index contributed by atoms with van der Waals surface area (Å²) in [5.41, 5.74) is 5.61. The van der Waals surface area contributed by atoms with Crippen LogP contribution in [0.4, 0.5) is 40.6 Å². The van der Waals surface area contributed by atoms with Gasteiger partial charge in [0.05, 0.1) is 34.5 Å². The van der Waals surface area contributed by atoms with E-state index < -0.39 is 17.7 Å². The molecule has 0 spiro atoms. The van der Waals surface area contributed by atoms with Crippen molar-refractivity contribution in [2.75, 3.05) is 23.8 Å². The number of aryl methyl sites for hydroxylation is 1. The van der Waals surface area contributed by atoms with Gasteiger partial charge in [0, 0.05) is 53.8 Å². The molecule has 0 amide bonds. The van der Waals surface area contributed by atoms with Gasteiger partial charge in [-0.15, -0.1) is 0 Å². The van der Waals surface area contributed by atoms with Gasteiger partial charge in [0.25, 0.3) is 0 Å². The molecule has 2 aromatic carbocycles. The number of rotatable bonds is 8. The van der Waals surface area contributed by atoms with Gasteiger partial charge >= 0.3 is 6.18 Å². The third-order valence-electron chi connectivity index (χ3n) is 11.7. The number of fused-ring (bicyclic) bond motifs is 3. The SMILES string of the molecule is Cc1ccc2c(Nc3ccc(Cl)c(C(F)(F)F)c3)nccc2c1Nc1ncccc1-c1ncnc2c1ncn2C1CCCCO1.Fc1ncccc1-c1ncnc2c1ncn2C1CCCCO1. The highest BCUT2D eigenvalue weighted by molar-refractivity contribution is 6.31. The second kappa shape index (κ2) is 18.6. The number of halogens is 5. The van der Waals surface area contributed by atoms with Crippen LogP contribution in [0.5, 0.6) is 0 Å². The van der Waals surface area contributed by atoms with Gasteiger partial charge in [-0.1, -0.05) is 23.7 Å². The van der Waals surface area contributed by atoms with Crippen molar-refractivity contribution in [3.05, 3.63) is 127 Å². The summed E-state index contributed by atoms with van der Waals surface area (Å²) in [6.07, 6.45) is 12.4. The van der Waals surface area contributed by atoms with Crippen molar-refractivity contribution in [2.24, 2.45) is 0 Å². The molecular formula is C47H40ClF4N13O2. The molecule has 2 fully saturated rings. The average Bonchev–Trinajstić information content (AvgIpc) is 4.00. The molecule has 67 heavy (non-hydrogen) atoms. The van der Waals surface area contributed by atoms with Crippen LogP contribution in [0.1, 0.15) is 62.1 Å². The maximum Gasteiger partial charge on any atom is 0.417 e. The van der Waals surface area contributed by atoms with Gasteiger partial charge in [0.1, 0.15) is 59.2 Å². The van der Waals surface area contributed by atoms with Crippen LogP contribution in [-0.4, -0.2) is 67.2 Å². The van der Waals surface area contributed by atoms with E-state index in [-0.39, 0.29) is 23.2 Å². The number of nitrogens with zero attached hydrogens (tertiary/aromatic N) is 11. The van der Waals surface area contributed by atoms with E-state index in [0.29, 0.717) is 62.9 Å². The number of imidazole rings is 2. The van der Waals surface area contributed by atoms with Crippen molar-refractivity contribution in [3.63, 3.8) is 0 Å². The molecule has 2 unspecified atom stereocenters. The first-order valence-corrected chi connectivity index (χ1v) is 21.9. The highest BCUT2D eigenvalue weighted by atomic mass is 35.5. The smallest absolute Gasteiger partial charge is 0.358 e. The van der Waals surface area contributed by atoms with Crippen molar-refractivity contribution in [2.45, 2.75) is 64.1 Å². The second-order valence-corrected chi connectivity index (χ2v) is 16.3. The molecule has 2 saturated heterocycles. The summed E-state index contributed by atoms with van der Waals surface area (Å²) < 4.78 is 70.0. The number of benzene rings is 2. The van der Waals surface area contributed by atoms with Crippen molar-refractivity contribution in [3.8, 4) is 22.5 Å². The Balaban J connectivity index is 0.000000199. The third kappa shape index (κ3) is 8.80. The minimum absolute atomic E-state index is 0.0692. The lowest BCUT2D eigenvalue weighted by molar-refractivity contribution is -0.137. The summed E-state index contributed by atoms with van der Waals surface area (Å²) in [5, 5.41) is 7.64. The molecule has 0 radical (unpaired) electrons. The molecule has 2 N–H and O–H groups in total. The van der Waals surface area contributed by atoms with E-state index in [1.807, 2.05) is 46.4 Å². The lowest BCUT2D eigenvalue weighted by Gasteiger charge is -2.23. The summed E-state index contributed by atoms with van der Waals surface area (Å²) >= 11 is 5.82. The Morgan fingerprint density at radius 3 is 1.90 bits per heavy atom. The standard InChI is InChI=1S/C32H26ClF3N8O.C15H14FN5O/c1-18-7-9-21-20(11-13-38-29(21)42-19-8-10-24(33)23(15-19)32(34,35)36)26(18)43-30-22(5-4-12-37-30)27-28-31(40-16-39-27)44(17-41-28)25-6-2-3-14-45-25;16-14-10(4-3-6-17-14)12-13-15(19-8-18-12)21(9-20-13)11-5-1-2-7-22-11/h4-5,7-13,15-17,25H,2-3,6,14H2,1H3,(H,37,43)(H,38,42);3-4,6,8-9,11H,1-2,5,7H2. The van der Waals surface area contributed by atoms with Gasteiger partial charge in [-0.25, -0.2) is 44.9 Å². The molecule has 0 aliphatic carbocycles. The maximum absolute atomic E-state index is 13.9. The lowest BCUT2D eigenvalue weighted by atomic mass is 10.0. The molecular weight excluding hydrogens is 890 g/mol. The maximum atomic E-state index is 13.9. The summed E-state index contributed by atoms with van der Waals surface area (Å²) in [6.45, 7) is 3.39. The zero-order chi connectivity index (χ0) is 46.1. The van der Waals surface area contributed by atoms with Gasteiger partial charge in [0.2, 0.25) is 5.95 Å². The third-order valence-corrected chi connectivity index (χ3v) is 12.0. The zero-order valence-corrected chi connectivity index (χ0v) is 36.5. The summed E-state index contributed by atoms with van der Waals surface area (Å²) in [7, 11) is 0. The number of alkyl halides is 3. The predicted molar refractivity (Wildman–Crippen MR) is 244 cm³/mol. The van der Waals surface area contributed by atoms with Crippen LogP contribution in [0.25, 0.3) is 55.6 Å². The van der Waals surface area contributed by atoms with Crippen molar-refractivity contribution >= 4 is 67.7 Å². The monoisotopic (exact) mass is 929 g/mol. The number of anilines is 4. The van der Waals surface area contributed by atoms with Crippen LogP contribution in [-0.2, 0) is 15.7 Å². The van der Waals surface area contributed by atoms with E-state index >= 15 is 0 Å². The van der Waals surface area contributed by atoms with Crippen LogP contribution < -0.4 is 10.6 Å². The van der Waals surface area contributed by atoms with Crippen LogP contribution in [0.2, 0.25) is 5.02 Å². The molecule has 20 heteroatoms. The number of pyridine rings is 3. The fraction of sp³-hybridized carbons (Fsp3) is 0.255. The largest absolute Gasteiger partial charge is 0.417 e. The molecule has 11 rings (SSSR count). The highest BCUT2D eigenvalue weighted by Crippen LogP contribution is 2.40. The fourth-order valence-corrected chi connectivity index (χ4v) is 8.59. The molecule has 0 saturated carbocycles. The van der Waals surface area contributed by atoms with E-state index in [2.05, 4.69) is 55.5 Å². The Bertz CT molecular complexity index is 3240. The first-order chi connectivity index (χ1) is 32.6. The Morgan fingerprint density at radius 1 is 0.642 bits per heavy atom. The lowest BCUT2D eigenvalue weighted by Crippen LogP contribution is -2.17. The van der Waals surface area contributed by atoms with Gasteiger partial charge in [-0.2, -0.15) is 17.6 Å². The Kier molecular flexibility index (Phi) is 12.1. The van der Waals surface area contributed by atoms with E-state index in [9.17, 15) is 17.6 Å². The normalized spacial score (nSPS) is 16.5. The molecule has 2 aliphatic rings. The zero-order valence-electron chi connectivity index (χ0n) is 35.8. The summed E-state index contributed by atoms with van der Waals surface area (Å²) in [5.74, 6) is 0.376. The number of aromatic nitrogens is 11. The molecule has 9 aromatic rings. The van der Waals surface area contributed by atoms with E-state index in [0.717, 1.165) is 73.4 Å². The predicted octanol–water partition coefficient (Wildman–Crippen LogP) is 11.3. The number of hydrogen-bond acceptors (Lipinski definition) is 13. The van der Waals surface area contributed by atoms with E-state index in [1.165, 1.54) is 31.0 Å². The highest BCUT2D eigenvalue weighted by Gasteiger charge is 2.33. The second-order valence-electron chi connectivity index (χ2n) is 15.9. The molecule has 2 atom stereocenters. The first kappa shape index (κ1) is 43.7. The molecule has 340 valence electrons. The topological polar surface area (TPSA) is 168 Å². The van der Waals surface area contributed by atoms with Gasteiger partial charge in [-0.3, -0.25) is 9.13 Å². The quantitative estimate of drug-likeness (QED) is 0.109. The van der Waals surface area contributed by atoms with Crippen molar-refractivity contribution in [1.29, 1.82) is 0 Å². The first-order valence-electron chi connectivity index (χ1n) is 21.6. The fourth-order valence-electron chi connectivity index (χ4n) is 8.37. The van der Waals surface area contributed by atoms with Crippen molar-refractivity contribution < 1.29 is 27.0 Å². The van der Waals surface area contributed by atoms with Gasteiger partial charge < -0.3 is 20.1 Å². The molecule has 0 bridgehead atoms. The Hall–Kier alpha value is -7.22. The average molecular weight is 930 g/mol. The minimum Gasteiger partial charge on any atom is -0.358 e. The van der Waals surface area contributed by atoms with Crippen LogP contribution in [0, 0.1) is 12.9 Å². The van der Waals surface area contributed by atoms with E-state index in [4.69, 9.17) is 21.1 Å². The van der Waals surface area contributed by atoms with Crippen LogP contribution in [0.15, 0.2) is 105 Å². The minimum atomic E-state index is -4.59. The molecule has 7 aromatic heterocycles. The Morgan fingerprint density at radius 2 is 1.27 bits per heavy atom. The molecule has 15 nitrogen and oxygen atoms in total. The van der Waals surface area contributed by atoms with Gasteiger partial charge in [0.15, 0.2) is 11.3 Å². The van der Waals surface area contributed by atoms with Crippen molar-refractivity contribution in [1.82, 2.24) is 54.0 Å². The molecule has 9 heterocycles.